The van der Waals surface area contributed by atoms with Gasteiger partial charge in [0, 0.05) is 26.3 Å². The van der Waals surface area contributed by atoms with Crippen LogP contribution in [0.3, 0.4) is 0 Å². The molecule has 3 N–H and O–H groups in total. The topological polar surface area (TPSA) is 118 Å². The highest BCUT2D eigenvalue weighted by Crippen LogP contribution is 1.99. The number of hydrogen-bond donors (Lipinski definition) is 2. The Morgan fingerprint density at radius 2 is 1.94 bits per heavy atom. The van der Waals surface area contributed by atoms with Gasteiger partial charge in [-0.05, 0) is 6.42 Å². The van der Waals surface area contributed by atoms with Gasteiger partial charge >= 0.3 is 5.97 Å². The van der Waals surface area contributed by atoms with E-state index in [1.807, 2.05) is 0 Å². The van der Waals surface area contributed by atoms with Gasteiger partial charge in [-0.15, -0.1) is 0 Å². The van der Waals surface area contributed by atoms with E-state index in [2.05, 4.69) is 0 Å². The Kier molecular flexibility index (Phi) is 6.11. The highest BCUT2D eigenvalue weighted by molar-refractivity contribution is 7.90. The third kappa shape index (κ3) is 7.70. The van der Waals surface area contributed by atoms with Gasteiger partial charge in [-0.3, -0.25) is 9.59 Å². The number of carbonyl (C=O) groups excluding carboxylic acids is 1. The summed E-state index contributed by atoms with van der Waals surface area (Å²) in [5, 5.41) is 8.43. The fourth-order valence-corrected chi connectivity index (χ4v) is 1.70. The van der Waals surface area contributed by atoms with Gasteiger partial charge in [0.2, 0.25) is 5.91 Å². The molecule has 1 amide bonds. The number of nitrogens with zero attached hydrogens (tertiary/aromatic N) is 1. The van der Waals surface area contributed by atoms with Crippen LogP contribution in [0.1, 0.15) is 12.8 Å². The number of carbonyl (C=O) groups is 2. The molecule has 17 heavy (non-hydrogen) atoms. The molecule has 0 radical (unpaired) electrons. The minimum atomic E-state index is -3.13. The van der Waals surface area contributed by atoms with Crippen LogP contribution in [0.2, 0.25) is 0 Å². The monoisotopic (exact) mass is 266 g/mol. The molecule has 100 valence electrons. The molecular weight excluding hydrogens is 248 g/mol. The van der Waals surface area contributed by atoms with Gasteiger partial charge in [-0.1, -0.05) is 0 Å². The zero-order chi connectivity index (χ0) is 13.6. The first kappa shape index (κ1) is 15.9. The first-order valence-corrected chi connectivity index (χ1v) is 7.09. The lowest BCUT2D eigenvalue weighted by atomic mass is 10.1. The van der Waals surface area contributed by atoms with Crippen LogP contribution in [0, 0.1) is 0 Å². The molecule has 0 aliphatic rings. The smallest absolute Gasteiger partial charge is 0.303 e. The van der Waals surface area contributed by atoms with Crippen molar-refractivity contribution >= 4 is 21.7 Å². The van der Waals surface area contributed by atoms with Crippen LogP contribution in [0.5, 0.6) is 0 Å². The Morgan fingerprint density at radius 1 is 1.41 bits per heavy atom. The van der Waals surface area contributed by atoms with Gasteiger partial charge in [-0.25, -0.2) is 8.42 Å². The first-order chi connectivity index (χ1) is 7.63. The summed E-state index contributed by atoms with van der Waals surface area (Å²) in [6, 6.07) is -0.907. The fraction of sp³-hybridized carbons (Fsp3) is 0.778. The number of aliphatic carboxylic acids is 1. The molecule has 0 saturated carbocycles. The van der Waals surface area contributed by atoms with Gasteiger partial charge < -0.3 is 15.7 Å². The lowest BCUT2D eigenvalue weighted by Crippen LogP contribution is -2.43. The molecule has 8 heteroatoms. The van der Waals surface area contributed by atoms with Gasteiger partial charge in [0.25, 0.3) is 0 Å². The van der Waals surface area contributed by atoms with Crippen molar-refractivity contribution in [3.05, 3.63) is 0 Å². The summed E-state index contributed by atoms with van der Waals surface area (Å²) < 4.78 is 21.8. The lowest BCUT2D eigenvalue weighted by Gasteiger charge is -2.20. The van der Waals surface area contributed by atoms with E-state index < -0.39 is 27.8 Å². The molecular formula is C9H18N2O5S. The standard InChI is InChI=1S/C9H18N2O5S/c1-11(5-6-17(2,15)16)9(14)7(10)3-4-8(12)13/h7H,3-6,10H2,1-2H3,(H,12,13). The zero-order valence-corrected chi connectivity index (χ0v) is 10.7. The number of nitrogens with two attached hydrogens (primary N) is 1. The number of sulfone groups is 1. The molecule has 1 atom stereocenters. The van der Waals surface area contributed by atoms with E-state index in [0.29, 0.717) is 0 Å². The van der Waals surface area contributed by atoms with Crippen molar-refractivity contribution in [3.63, 3.8) is 0 Å². The molecule has 0 spiro atoms. The van der Waals surface area contributed by atoms with Crippen LogP contribution < -0.4 is 5.73 Å². The van der Waals surface area contributed by atoms with Crippen LogP contribution >= 0.6 is 0 Å². The van der Waals surface area contributed by atoms with E-state index >= 15 is 0 Å². The SMILES string of the molecule is CN(CCS(C)(=O)=O)C(=O)C(N)CCC(=O)O. The third-order valence-corrected chi connectivity index (χ3v) is 3.08. The van der Waals surface area contributed by atoms with E-state index in [0.717, 1.165) is 6.26 Å². The van der Waals surface area contributed by atoms with Crippen LogP contribution in [0.4, 0.5) is 0 Å². The van der Waals surface area contributed by atoms with Crippen LogP contribution in [0.15, 0.2) is 0 Å². The second-order valence-corrected chi connectivity index (χ2v) is 6.19. The molecule has 0 saturated heterocycles. The largest absolute Gasteiger partial charge is 0.481 e. The molecule has 0 aliphatic carbocycles. The Morgan fingerprint density at radius 3 is 2.35 bits per heavy atom. The second-order valence-electron chi connectivity index (χ2n) is 3.93. The van der Waals surface area contributed by atoms with Crippen LogP contribution in [-0.4, -0.2) is 61.9 Å². The van der Waals surface area contributed by atoms with Gasteiger partial charge in [0.1, 0.15) is 9.84 Å². The van der Waals surface area contributed by atoms with Crippen molar-refractivity contribution in [2.24, 2.45) is 5.73 Å². The van der Waals surface area contributed by atoms with Crippen LogP contribution in [-0.2, 0) is 19.4 Å². The zero-order valence-electron chi connectivity index (χ0n) is 9.92. The average Bonchev–Trinajstić information content (AvgIpc) is 2.20. The number of carboxylic acids is 1. The predicted molar refractivity (Wildman–Crippen MR) is 62.2 cm³/mol. The Balaban J connectivity index is 4.16. The van der Waals surface area contributed by atoms with Gasteiger partial charge in [0.15, 0.2) is 0 Å². The molecule has 1 unspecified atom stereocenters. The summed E-state index contributed by atoms with van der Waals surface area (Å²) in [7, 11) is -1.69. The van der Waals surface area contributed by atoms with E-state index in [1.54, 1.807) is 0 Å². The van der Waals surface area contributed by atoms with E-state index in [1.165, 1.54) is 11.9 Å². The average molecular weight is 266 g/mol. The van der Waals surface area contributed by atoms with E-state index in [-0.39, 0.29) is 25.1 Å². The molecule has 7 nitrogen and oxygen atoms in total. The van der Waals surface area contributed by atoms with Crippen molar-refractivity contribution in [3.8, 4) is 0 Å². The highest BCUT2D eigenvalue weighted by atomic mass is 32.2. The summed E-state index contributed by atoms with van der Waals surface area (Å²) in [6.07, 6.45) is 0.930. The Hall–Kier alpha value is -1.15. The molecule has 0 aromatic rings. The fourth-order valence-electron chi connectivity index (χ4n) is 1.10. The molecule has 0 bridgehead atoms. The van der Waals surface area contributed by atoms with Gasteiger partial charge in [-0.2, -0.15) is 0 Å². The quantitative estimate of drug-likeness (QED) is 0.590. The summed E-state index contributed by atoms with van der Waals surface area (Å²) in [6.45, 7) is 0.0540. The van der Waals surface area contributed by atoms with Crippen molar-refractivity contribution in [1.29, 1.82) is 0 Å². The first-order valence-electron chi connectivity index (χ1n) is 5.03. The van der Waals surface area contributed by atoms with Crippen molar-refractivity contribution < 1.29 is 23.1 Å². The summed E-state index contributed by atoms with van der Waals surface area (Å²) in [5.41, 5.74) is 5.50. The molecule has 0 rings (SSSR count). The normalized spacial score (nSPS) is 13.1. The molecule has 0 aromatic carbocycles. The molecule has 0 aromatic heterocycles. The molecule has 0 aliphatic heterocycles. The Bertz CT molecular complexity index is 379. The van der Waals surface area contributed by atoms with Crippen molar-refractivity contribution in [2.75, 3.05) is 25.6 Å². The minimum absolute atomic E-state index is 0.0391. The Labute approximate surface area is 101 Å². The number of carboxylic acid groups (broad SMARTS) is 1. The maximum absolute atomic E-state index is 11.6. The van der Waals surface area contributed by atoms with Gasteiger partial charge in [0.05, 0.1) is 11.8 Å². The maximum Gasteiger partial charge on any atom is 0.303 e. The summed E-state index contributed by atoms with van der Waals surface area (Å²) in [5.74, 6) is -1.61. The van der Waals surface area contributed by atoms with Crippen molar-refractivity contribution in [2.45, 2.75) is 18.9 Å². The highest BCUT2D eigenvalue weighted by Gasteiger charge is 2.19. The number of rotatable bonds is 7. The van der Waals surface area contributed by atoms with Crippen LogP contribution in [0.25, 0.3) is 0 Å². The molecule has 0 heterocycles. The number of likely N-dealkylation sites (N-methyl/N-ethyl adjacent to an activating group) is 1. The van der Waals surface area contributed by atoms with E-state index in [4.69, 9.17) is 10.8 Å². The lowest BCUT2D eigenvalue weighted by molar-refractivity contribution is -0.137. The van der Waals surface area contributed by atoms with E-state index in [9.17, 15) is 18.0 Å². The minimum Gasteiger partial charge on any atom is -0.481 e. The summed E-state index contributed by atoms with van der Waals surface area (Å²) in [4.78, 5) is 23.1. The molecule has 0 fully saturated rings. The third-order valence-electron chi connectivity index (χ3n) is 2.16. The second kappa shape index (κ2) is 6.55. The number of hydrogen-bond acceptors (Lipinski definition) is 5. The van der Waals surface area contributed by atoms with Crippen molar-refractivity contribution in [1.82, 2.24) is 4.90 Å². The maximum atomic E-state index is 11.6. The predicted octanol–water partition coefficient (Wildman–Crippen LogP) is -1.32. The number of amides is 1. The summed E-state index contributed by atoms with van der Waals surface area (Å²) >= 11 is 0.